The summed E-state index contributed by atoms with van der Waals surface area (Å²) in [5.41, 5.74) is 1.40. The minimum atomic E-state index is 1.05. The zero-order chi connectivity index (χ0) is 10.1. The van der Waals surface area contributed by atoms with Crippen molar-refractivity contribution in [2.24, 2.45) is 0 Å². The fourth-order valence-corrected chi connectivity index (χ4v) is 3.20. The van der Waals surface area contributed by atoms with Gasteiger partial charge in [-0.3, -0.25) is 0 Å². The van der Waals surface area contributed by atoms with Gasteiger partial charge < -0.3 is 0 Å². The van der Waals surface area contributed by atoms with Crippen molar-refractivity contribution in [2.75, 3.05) is 0 Å². The van der Waals surface area contributed by atoms with Crippen LogP contribution in [0, 0.1) is 0 Å². The van der Waals surface area contributed by atoms with Crippen LogP contribution in [0.4, 0.5) is 0 Å². The Morgan fingerprint density at radius 1 is 1.50 bits per heavy atom. The van der Waals surface area contributed by atoms with E-state index in [4.69, 9.17) is 0 Å². The Kier molecular flexibility index (Phi) is 2.66. The van der Waals surface area contributed by atoms with E-state index in [1.807, 2.05) is 12.1 Å². The van der Waals surface area contributed by atoms with Crippen LogP contribution in [0.2, 0.25) is 0 Å². The van der Waals surface area contributed by atoms with Crippen molar-refractivity contribution < 1.29 is 0 Å². The molecule has 2 rings (SSSR count). The quantitative estimate of drug-likeness (QED) is 0.713. The molecule has 0 atom stereocenters. The predicted octanol–water partition coefficient (Wildman–Crippen LogP) is 4.40. The van der Waals surface area contributed by atoms with Crippen LogP contribution in [-0.2, 0) is 6.42 Å². The van der Waals surface area contributed by atoms with Crippen LogP contribution >= 0.6 is 24.0 Å². The van der Waals surface area contributed by atoms with Gasteiger partial charge in [-0.15, -0.1) is 24.0 Å². The molecular weight excluding hydrogens is 208 g/mol. The lowest BCUT2D eigenvalue weighted by molar-refractivity contribution is 1.17. The van der Waals surface area contributed by atoms with Crippen molar-refractivity contribution >= 4 is 40.1 Å². The molecule has 0 unspecified atom stereocenters. The minimum absolute atomic E-state index is 1.05. The fraction of sp³-hybridized carbons (Fsp3) is 0.167. The number of hydrogen-bond donors (Lipinski definition) is 1. The van der Waals surface area contributed by atoms with E-state index in [2.05, 4.69) is 38.3 Å². The summed E-state index contributed by atoms with van der Waals surface area (Å²) in [6.45, 7) is 6.03. The molecular formula is C12H12S2. The summed E-state index contributed by atoms with van der Waals surface area (Å²) in [5, 5.41) is 1.33. The highest BCUT2D eigenvalue weighted by molar-refractivity contribution is 7.80. The van der Waals surface area contributed by atoms with E-state index in [9.17, 15) is 0 Å². The van der Waals surface area contributed by atoms with Crippen molar-refractivity contribution in [2.45, 2.75) is 18.2 Å². The number of aryl methyl sites for hydroxylation is 1. The summed E-state index contributed by atoms with van der Waals surface area (Å²) in [4.78, 5) is 2.35. The summed E-state index contributed by atoms with van der Waals surface area (Å²) in [7, 11) is 0. The maximum Gasteiger partial charge on any atom is 0.0485 e. The molecule has 0 saturated heterocycles. The third-order valence-electron chi connectivity index (χ3n) is 2.37. The second-order valence-corrected chi connectivity index (χ2v) is 4.69. The van der Waals surface area contributed by atoms with E-state index in [-0.39, 0.29) is 0 Å². The number of fused-ring (bicyclic) bond motifs is 1. The zero-order valence-electron chi connectivity index (χ0n) is 8.08. The van der Waals surface area contributed by atoms with Crippen LogP contribution in [0.25, 0.3) is 16.2 Å². The van der Waals surface area contributed by atoms with E-state index < -0.39 is 0 Å². The van der Waals surface area contributed by atoms with Crippen LogP contribution in [0.3, 0.4) is 0 Å². The average molecular weight is 220 g/mol. The first-order chi connectivity index (χ1) is 6.77. The molecule has 0 aliphatic rings. The van der Waals surface area contributed by atoms with Crippen molar-refractivity contribution in [1.29, 1.82) is 0 Å². The Hall–Kier alpha value is -0.730. The van der Waals surface area contributed by atoms with Crippen LogP contribution in [-0.4, -0.2) is 0 Å². The van der Waals surface area contributed by atoms with Gasteiger partial charge in [0, 0.05) is 14.5 Å². The molecule has 0 saturated carbocycles. The lowest BCUT2D eigenvalue weighted by atomic mass is 10.1. The van der Waals surface area contributed by atoms with Gasteiger partial charge in [0.15, 0.2) is 0 Å². The molecule has 14 heavy (non-hydrogen) atoms. The molecule has 0 spiro atoms. The highest BCUT2D eigenvalue weighted by atomic mass is 32.1. The standard InChI is InChI=1S/C12H12S2/c1-3-8-9-6-5-7-10(13)12(9)14-11(8)4-2/h4-7,13H,2-3H2,1H3. The van der Waals surface area contributed by atoms with E-state index >= 15 is 0 Å². The molecule has 2 aromatic rings. The zero-order valence-corrected chi connectivity index (χ0v) is 9.79. The Morgan fingerprint density at radius 2 is 2.29 bits per heavy atom. The van der Waals surface area contributed by atoms with Crippen LogP contribution < -0.4 is 0 Å². The van der Waals surface area contributed by atoms with Gasteiger partial charge in [0.05, 0.1) is 0 Å². The van der Waals surface area contributed by atoms with Crippen molar-refractivity contribution in [3.05, 3.63) is 35.2 Å². The summed E-state index contributed by atoms with van der Waals surface area (Å²) in [5.74, 6) is 0. The monoisotopic (exact) mass is 220 g/mol. The molecule has 0 nitrogen and oxygen atoms in total. The lowest BCUT2D eigenvalue weighted by Gasteiger charge is -1.96. The Balaban J connectivity index is 2.86. The summed E-state index contributed by atoms with van der Waals surface area (Å²) in [6.07, 6.45) is 3.00. The van der Waals surface area contributed by atoms with Gasteiger partial charge in [-0.05, 0) is 23.4 Å². The average Bonchev–Trinajstić information content (AvgIpc) is 2.57. The minimum Gasteiger partial charge on any atom is -0.142 e. The maximum atomic E-state index is 4.46. The number of thiophene rings is 1. The predicted molar refractivity (Wildman–Crippen MR) is 68.5 cm³/mol. The molecule has 2 heteroatoms. The van der Waals surface area contributed by atoms with Gasteiger partial charge in [0.25, 0.3) is 0 Å². The molecule has 1 aromatic carbocycles. The van der Waals surface area contributed by atoms with Gasteiger partial charge in [0.2, 0.25) is 0 Å². The van der Waals surface area contributed by atoms with Crippen molar-refractivity contribution in [3.63, 3.8) is 0 Å². The second-order valence-electron chi connectivity index (χ2n) is 3.16. The Labute approximate surface area is 93.7 Å². The summed E-state index contributed by atoms with van der Waals surface area (Å²) in [6, 6.07) is 6.26. The lowest BCUT2D eigenvalue weighted by Crippen LogP contribution is -1.79. The van der Waals surface area contributed by atoms with Gasteiger partial charge in [0.1, 0.15) is 0 Å². The molecule has 0 N–H and O–H groups in total. The summed E-state index contributed by atoms with van der Waals surface area (Å²) < 4.78 is 1.28. The topological polar surface area (TPSA) is 0 Å². The van der Waals surface area contributed by atoms with Gasteiger partial charge >= 0.3 is 0 Å². The molecule has 0 bridgehead atoms. The van der Waals surface area contributed by atoms with E-state index in [1.165, 1.54) is 20.5 Å². The molecule has 0 amide bonds. The first-order valence-corrected chi connectivity index (χ1v) is 5.90. The fourth-order valence-electron chi connectivity index (χ4n) is 1.70. The first-order valence-electron chi connectivity index (χ1n) is 4.63. The van der Waals surface area contributed by atoms with Gasteiger partial charge in [-0.1, -0.05) is 31.7 Å². The normalized spacial score (nSPS) is 10.7. The number of rotatable bonds is 2. The van der Waals surface area contributed by atoms with Crippen LogP contribution in [0.15, 0.2) is 29.7 Å². The third kappa shape index (κ3) is 1.39. The summed E-state index contributed by atoms with van der Waals surface area (Å²) >= 11 is 6.25. The molecule has 0 radical (unpaired) electrons. The molecule has 1 heterocycles. The maximum absolute atomic E-state index is 4.46. The molecule has 72 valence electrons. The second kappa shape index (κ2) is 3.79. The molecule has 0 aliphatic carbocycles. The first kappa shape index (κ1) is 9.81. The highest BCUT2D eigenvalue weighted by Crippen LogP contribution is 2.35. The van der Waals surface area contributed by atoms with Gasteiger partial charge in [-0.25, -0.2) is 0 Å². The van der Waals surface area contributed by atoms with E-state index in [0.717, 1.165) is 11.3 Å². The van der Waals surface area contributed by atoms with Crippen LogP contribution in [0.5, 0.6) is 0 Å². The third-order valence-corrected chi connectivity index (χ3v) is 4.17. The largest absolute Gasteiger partial charge is 0.142 e. The van der Waals surface area contributed by atoms with Crippen molar-refractivity contribution in [1.82, 2.24) is 0 Å². The highest BCUT2D eigenvalue weighted by Gasteiger charge is 2.09. The molecule has 0 aliphatic heterocycles. The molecule has 1 aromatic heterocycles. The number of benzene rings is 1. The van der Waals surface area contributed by atoms with Gasteiger partial charge in [-0.2, -0.15) is 0 Å². The SMILES string of the molecule is C=Cc1sc2c(S)cccc2c1CC. The smallest absolute Gasteiger partial charge is 0.0485 e. The van der Waals surface area contributed by atoms with E-state index in [0.29, 0.717) is 0 Å². The van der Waals surface area contributed by atoms with Crippen molar-refractivity contribution in [3.8, 4) is 0 Å². The Morgan fingerprint density at radius 3 is 2.93 bits per heavy atom. The van der Waals surface area contributed by atoms with E-state index in [1.54, 1.807) is 11.3 Å². The van der Waals surface area contributed by atoms with Crippen LogP contribution in [0.1, 0.15) is 17.4 Å². The number of hydrogen-bond acceptors (Lipinski definition) is 2. The number of thiol groups is 1. The Bertz CT molecular complexity index is 480. The molecule has 0 fully saturated rings.